The molecule has 2 saturated heterocycles. The lowest BCUT2D eigenvalue weighted by Gasteiger charge is -2.36. The van der Waals surface area contributed by atoms with E-state index in [9.17, 15) is 14.9 Å². The summed E-state index contributed by atoms with van der Waals surface area (Å²) in [6, 6.07) is 5.40. The molecule has 134 valence electrons. The lowest BCUT2D eigenvalue weighted by atomic mass is 10.1. The van der Waals surface area contributed by atoms with E-state index in [1.54, 1.807) is 17.0 Å². The lowest BCUT2D eigenvalue weighted by molar-refractivity contribution is -0.385. The van der Waals surface area contributed by atoms with Crippen LogP contribution in [0.5, 0.6) is 0 Å². The fourth-order valence-corrected chi connectivity index (χ4v) is 3.58. The number of fused-ring (bicyclic) bond motifs is 2. The Kier molecular flexibility index (Phi) is 4.18. The van der Waals surface area contributed by atoms with Crippen LogP contribution in [0.1, 0.15) is 32.8 Å². The third-order valence-electron chi connectivity index (χ3n) is 4.63. The van der Waals surface area contributed by atoms with Crippen molar-refractivity contribution in [2.24, 2.45) is 0 Å². The maximum atomic E-state index is 12.3. The molecular weight excluding hydrogens is 322 g/mol. The fourth-order valence-electron chi connectivity index (χ4n) is 3.58. The zero-order valence-corrected chi connectivity index (χ0v) is 14.8. The highest BCUT2D eigenvalue weighted by molar-refractivity contribution is 5.71. The van der Waals surface area contributed by atoms with Gasteiger partial charge in [0.1, 0.15) is 5.60 Å². The quantitative estimate of drug-likeness (QED) is 0.619. The van der Waals surface area contributed by atoms with Crippen molar-refractivity contribution < 1.29 is 14.5 Å². The average Bonchev–Trinajstić information content (AvgIpc) is 3.12. The van der Waals surface area contributed by atoms with E-state index in [1.807, 2.05) is 20.8 Å². The van der Waals surface area contributed by atoms with Gasteiger partial charge in [0.15, 0.2) is 0 Å². The smallest absolute Gasteiger partial charge is 0.410 e. The summed E-state index contributed by atoms with van der Waals surface area (Å²) in [5.74, 6) is 0. The van der Waals surface area contributed by atoms with E-state index in [0.717, 1.165) is 12.1 Å². The summed E-state index contributed by atoms with van der Waals surface area (Å²) >= 11 is 0. The van der Waals surface area contributed by atoms with Crippen LogP contribution in [0.15, 0.2) is 24.8 Å². The van der Waals surface area contributed by atoms with Gasteiger partial charge in [-0.15, -0.1) is 0 Å². The summed E-state index contributed by atoms with van der Waals surface area (Å²) in [6.07, 6.45) is 2.12. The number of carbonyl (C=O) groups excluding carboxylic acids is 1. The number of hydrogen-bond acceptors (Lipinski definition) is 5. The molecule has 0 aromatic heterocycles. The van der Waals surface area contributed by atoms with Crippen molar-refractivity contribution in [1.29, 1.82) is 0 Å². The van der Waals surface area contributed by atoms with Gasteiger partial charge in [-0.05, 0) is 39.3 Å². The molecule has 2 aliphatic rings. The molecule has 0 saturated carbocycles. The van der Waals surface area contributed by atoms with Crippen LogP contribution in [0, 0.1) is 10.1 Å². The number of carbonyl (C=O) groups is 1. The minimum Gasteiger partial charge on any atom is -0.444 e. The second-order valence-electron chi connectivity index (χ2n) is 7.53. The first-order valence-corrected chi connectivity index (χ1v) is 8.37. The van der Waals surface area contributed by atoms with E-state index in [-0.39, 0.29) is 23.9 Å². The van der Waals surface area contributed by atoms with Gasteiger partial charge in [-0.25, -0.2) is 4.79 Å². The minimum absolute atomic E-state index is 0.0542. The molecule has 2 bridgehead atoms. The number of hydrogen-bond donors (Lipinski definition) is 0. The Balaban J connectivity index is 1.74. The van der Waals surface area contributed by atoms with E-state index < -0.39 is 10.5 Å². The first kappa shape index (κ1) is 17.3. The Morgan fingerprint density at radius 3 is 2.60 bits per heavy atom. The van der Waals surface area contributed by atoms with Gasteiger partial charge < -0.3 is 14.5 Å². The van der Waals surface area contributed by atoms with Gasteiger partial charge in [0, 0.05) is 30.9 Å². The molecule has 2 aliphatic heterocycles. The molecule has 3 rings (SSSR count). The van der Waals surface area contributed by atoms with E-state index in [0.29, 0.717) is 18.7 Å². The molecule has 0 N–H and O–H groups in total. The highest BCUT2D eigenvalue weighted by atomic mass is 16.6. The third-order valence-corrected chi connectivity index (χ3v) is 4.63. The molecule has 2 atom stereocenters. The maximum absolute atomic E-state index is 12.3. The van der Waals surface area contributed by atoms with Crippen LogP contribution >= 0.6 is 0 Å². The highest BCUT2D eigenvalue weighted by Gasteiger charge is 2.46. The SMILES string of the molecule is C=Cc1cc(N2C[C@@H]3C[C@H]2CN3C(=O)OC(C)(C)C)ccc1[N+](=O)[O-]. The normalized spacial score (nSPS) is 22.2. The molecule has 0 unspecified atom stereocenters. The number of anilines is 1. The van der Waals surface area contributed by atoms with Crippen molar-refractivity contribution in [3.05, 3.63) is 40.5 Å². The van der Waals surface area contributed by atoms with Crippen molar-refractivity contribution in [2.75, 3.05) is 18.0 Å². The molecule has 0 radical (unpaired) electrons. The van der Waals surface area contributed by atoms with E-state index in [1.165, 1.54) is 12.1 Å². The van der Waals surface area contributed by atoms with Crippen LogP contribution in [0.25, 0.3) is 6.08 Å². The molecule has 1 amide bonds. The second-order valence-corrected chi connectivity index (χ2v) is 7.53. The van der Waals surface area contributed by atoms with Crippen LogP contribution < -0.4 is 4.90 Å². The number of amides is 1. The van der Waals surface area contributed by atoms with Crippen molar-refractivity contribution in [3.8, 4) is 0 Å². The second kappa shape index (κ2) is 6.06. The Morgan fingerprint density at radius 2 is 2.08 bits per heavy atom. The summed E-state index contributed by atoms with van der Waals surface area (Å²) in [4.78, 5) is 27.0. The number of nitro benzene ring substituents is 1. The van der Waals surface area contributed by atoms with E-state index in [2.05, 4.69) is 11.5 Å². The number of ether oxygens (including phenoxy) is 1. The molecule has 7 nitrogen and oxygen atoms in total. The molecule has 2 fully saturated rings. The standard InChI is InChI=1S/C18H23N3O4/c1-5-12-8-13(6-7-16(12)21(23)24)19-10-15-9-14(19)11-20(15)17(22)25-18(2,3)4/h5-8,14-15H,1,9-11H2,2-4H3/t14-,15-/m0/s1. The maximum Gasteiger partial charge on any atom is 0.410 e. The number of nitrogens with zero attached hydrogens (tertiary/aromatic N) is 3. The predicted octanol–water partition coefficient (Wildman–Crippen LogP) is 3.44. The molecular formula is C18H23N3O4. The minimum atomic E-state index is -0.504. The topological polar surface area (TPSA) is 75.9 Å². The molecule has 0 aliphatic carbocycles. The number of likely N-dealkylation sites (tertiary alicyclic amines) is 1. The Morgan fingerprint density at radius 1 is 1.36 bits per heavy atom. The summed E-state index contributed by atoms with van der Waals surface area (Å²) in [5, 5.41) is 11.1. The Labute approximate surface area is 147 Å². The number of piperazine rings is 1. The molecule has 2 heterocycles. The predicted molar refractivity (Wildman–Crippen MR) is 95.7 cm³/mol. The van der Waals surface area contributed by atoms with E-state index >= 15 is 0 Å². The zero-order valence-electron chi connectivity index (χ0n) is 14.8. The number of benzene rings is 1. The van der Waals surface area contributed by atoms with Crippen molar-refractivity contribution in [1.82, 2.24) is 4.90 Å². The Bertz CT molecular complexity index is 726. The van der Waals surface area contributed by atoms with Gasteiger partial charge >= 0.3 is 6.09 Å². The largest absolute Gasteiger partial charge is 0.444 e. The van der Waals surface area contributed by atoms with Gasteiger partial charge in [0.25, 0.3) is 5.69 Å². The molecule has 1 aromatic rings. The lowest BCUT2D eigenvalue weighted by Crippen LogP contribution is -2.50. The Hall–Kier alpha value is -2.57. The zero-order chi connectivity index (χ0) is 18.4. The van der Waals surface area contributed by atoms with Gasteiger partial charge in [0.2, 0.25) is 0 Å². The van der Waals surface area contributed by atoms with Crippen LogP contribution in [0.3, 0.4) is 0 Å². The van der Waals surface area contributed by atoms with Crippen LogP contribution in [-0.2, 0) is 4.74 Å². The summed E-state index contributed by atoms with van der Waals surface area (Å²) in [6.45, 7) is 10.6. The molecule has 7 heteroatoms. The van der Waals surface area contributed by atoms with Crippen LogP contribution in [-0.4, -0.2) is 46.7 Å². The fraction of sp³-hybridized carbons (Fsp3) is 0.500. The molecule has 1 aromatic carbocycles. The van der Waals surface area contributed by atoms with Crippen LogP contribution in [0.2, 0.25) is 0 Å². The average molecular weight is 345 g/mol. The third kappa shape index (κ3) is 3.31. The van der Waals surface area contributed by atoms with Gasteiger partial charge in [-0.1, -0.05) is 12.7 Å². The van der Waals surface area contributed by atoms with E-state index in [4.69, 9.17) is 4.74 Å². The summed E-state index contributed by atoms with van der Waals surface area (Å²) in [5.41, 5.74) is 0.986. The number of rotatable bonds is 3. The molecule has 0 spiro atoms. The summed E-state index contributed by atoms with van der Waals surface area (Å²) in [7, 11) is 0. The highest BCUT2D eigenvalue weighted by Crippen LogP contribution is 2.37. The first-order chi connectivity index (χ1) is 11.7. The molecule has 25 heavy (non-hydrogen) atoms. The van der Waals surface area contributed by atoms with Crippen LogP contribution in [0.4, 0.5) is 16.2 Å². The van der Waals surface area contributed by atoms with Gasteiger partial charge in [-0.2, -0.15) is 0 Å². The first-order valence-electron chi connectivity index (χ1n) is 8.37. The monoisotopic (exact) mass is 345 g/mol. The summed E-state index contributed by atoms with van der Waals surface area (Å²) < 4.78 is 5.47. The number of nitro groups is 1. The van der Waals surface area contributed by atoms with Crippen molar-refractivity contribution in [3.63, 3.8) is 0 Å². The van der Waals surface area contributed by atoms with Gasteiger partial charge in [0.05, 0.1) is 16.5 Å². The van der Waals surface area contributed by atoms with Gasteiger partial charge in [-0.3, -0.25) is 10.1 Å². The van der Waals surface area contributed by atoms with Crippen molar-refractivity contribution >= 4 is 23.5 Å². The van der Waals surface area contributed by atoms with Crippen molar-refractivity contribution in [2.45, 2.75) is 44.9 Å².